The molecular weight excluding hydrogens is 273 g/mol. The molecule has 2 aromatic rings. The molecule has 1 N–H and O–H groups in total. The SMILES string of the molecule is O=S(=O)(O)CC[n+]1ccc(-c2ncccc2F)cn1. The molecule has 0 aliphatic rings. The van der Waals surface area contributed by atoms with Crippen LogP contribution in [0.2, 0.25) is 0 Å². The van der Waals surface area contributed by atoms with Crippen LogP contribution < -0.4 is 4.68 Å². The van der Waals surface area contributed by atoms with Crippen molar-refractivity contribution in [2.24, 2.45) is 0 Å². The van der Waals surface area contributed by atoms with Gasteiger partial charge in [-0.2, -0.15) is 8.42 Å². The van der Waals surface area contributed by atoms with Gasteiger partial charge in [-0.25, -0.2) is 4.39 Å². The van der Waals surface area contributed by atoms with Crippen LogP contribution in [0, 0.1) is 5.82 Å². The van der Waals surface area contributed by atoms with Crippen LogP contribution in [0.4, 0.5) is 4.39 Å². The largest absolute Gasteiger partial charge is 0.285 e. The lowest BCUT2D eigenvalue weighted by Gasteiger charge is -2.00. The van der Waals surface area contributed by atoms with Gasteiger partial charge in [0.05, 0.1) is 0 Å². The van der Waals surface area contributed by atoms with E-state index in [1.54, 1.807) is 6.07 Å². The van der Waals surface area contributed by atoms with Crippen LogP contribution in [0.3, 0.4) is 0 Å². The number of nitrogens with zero attached hydrogens (tertiary/aromatic N) is 3. The summed E-state index contributed by atoms with van der Waals surface area (Å²) in [6, 6.07) is 4.35. The summed E-state index contributed by atoms with van der Waals surface area (Å²) in [4.78, 5) is 3.90. The van der Waals surface area contributed by atoms with Gasteiger partial charge < -0.3 is 0 Å². The summed E-state index contributed by atoms with van der Waals surface area (Å²) in [5.74, 6) is -0.887. The fourth-order valence-corrected chi connectivity index (χ4v) is 1.88. The lowest BCUT2D eigenvalue weighted by atomic mass is 10.2. The van der Waals surface area contributed by atoms with Crippen LogP contribution in [0.5, 0.6) is 0 Å². The minimum Gasteiger partial charge on any atom is -0.285 e. The van der Waals surface area contributed by atoms with Crippen LogP contribution in [0.25, 0.3) is 11.3 Å². The van der Waals surface area contributed by atoms with Gasteiger partial charge in [-0.15, -0.1) is 0 Å². The molecule has 0 bridgehead atoms. The Kier molecular flexibility index (Phi) is 3.82. The topological polar surface area (TPSA) is 84.0 Å². The molecule has 0 spiro atoms. The molecule has 6 nitrogen and oxygen atoms in total. The van der Waals surface area contributed by atoms with Crippen molar-refractivity contribution in [2.75, 3.05) is 5.75 Å². The quantitative estimate of drug-likeness (QED) is 0.651. The number of hydrogen-bond donors (Lipinski definition) is 1. The van der Waals surface area contributed by atoms with Crippen molar-refractivity contribution in [3.05, 3.63) is 42.6 Å². The Morgan fingerprint density at radius 2 is 2.16 bits per heavy atom. The van der Waals surface area contributed by atoms with Crippen LogP contribution in [-0.4, -0.2) is 28.8 Å². The summed E-state index contributed by atoms with van der Waals surface area (Å²) in [7, 11) is -4.02. The van der Waals surface area contributed by atoms with Crippen molar-refractivity contribution >= 4 is 10.1 Å². The number of halogens is 1. The van der Waals surface area contributed by atoms with E-state index in [1.807, 2.05) is 0 Å². The average molecular weight is 284 g/mol. The number of hydrogen-bond acceptors (Lipinski definition) is 4. The van der Waals surface area contributed by atoms with Crippen LogP contribution in [-0.2, 0) is 16.7 Å². The highest BCUT2D eigenvalue weighted by Crippen LogP contribution is 2.17. The van der Waals surface area contributed by atoms with Gasteiger partial charge in [0.25, 0.3) is 10.1 Å². The molecule has 0 saturated carbocycles. The Morgan fingerprint density at radius 1 is 1.37 bits per heavy atom. The zero-order chi connectivity index (χ0) is 13.9. The second kappa shape index (κ2) is 5.37. The molecule has 0 aliphatic heterocycles. The zero-order valence-electron chi connectivity index (χ0n) is 9.77. The number of aryl methyl sites for hydroxylation is 1. The van der Waals surface area contributed by atoms with Gasteiger partial charge in [-0.05, 0) is 17.2 Å². The van der Waals surface area contributed by atoms with Gasteiger partial charge in [0.2, 0.25) is 0 Å². The van der Waals surface area contributed by atoms with E-state index in [4.69, 9.17) is 4.55 Å². The summed E-state index contributed by atoms with van der Waals surface area (Å²) < 4.78 is 44.6. The van der Waals surface area contributed by atoms with E-state index in [0.717, 1.165) is 0 Å². The maximum Gasteiger partial charge on any atom is 0.271 e. The summed E-state index contributed by atoms with van der Waals surface area (Å²) >= 11 is 0. The van der Waals surface area contributed by atoms with Gasteiger partial charge in [0.15, 0.2) is 12.7 Å². The predicted molar refractivity (Wildman–Crippen MR) is 64.0 cm³/mol. The van der Waals surface area contributed by atoms with Gasteiger partial charge in [-0.3, -0.25) is 9.54 Å². The van der Waals surface area contributed by atoms with Crippen LogP contribution in [0.15, 0.2) is 36.8 Å². The smallest absolute Gasteiger partial charge is 0.271 e. The van der Waals surface area contributed by atoms with Crippen molar-refractivity contribution in [3.63, 3.8) is 0 Å². The highest BCUT2D eigenvalue weighted by atomic mass is 32.2. The van der Waals surface area contributed by atoms with Crippen molar-refractivity contribution < 1.29 is 22.0 Å². The predicted octanol–water partition coefficient (Wildman–Crippen LogP) is 0.458. The van der Waals surface area contributed by atoms with Gasteiger partial charge >= 0.3 is 0 Å². The third-order valence-electron chi connectivity index (χ3n) is 2.38. The first-order valence-corrected chi connectivity index (χ1v) is 6.98. The van der Waals surface area contributed by atoms with E-state index >= 15 is 0 Å². The van der Waals surface area contributed by atoms with Gasteiger partial charge in [0, 0.05) is 17.8 Å². The van der Waals surface area contributed by atoms with E-state index in [9.17, 15) is 12.8 Å². The molecule has 0 unspecified atom stereocenters. The first-order valence-electron chi connectivity index (χ1n) is 5.37. The van der Waals surface area contributed by atoms with Crippen molar-refractivity contribution in [3.8, 4) is 11.3 Å². The number of aromatic nitrogens is 3. The minimum atomic E-state index is -4.02. The normalized spacial score (nSPS) is 11.5. The maximum atomic E-state index is 13.5. The summed E-state index contributed by atoms with van der Waals surface area (Å²) in [6.45, 7) is 0.0177. The molecule has 0 amide bonds. The Bertz CT molecular complexity index is 674. The maximum absolute atomic E-state index is 13.5. The Morgan fingerprint density at radius 3 is 2.74 bits per heavy atom. The molecule has 2 rings (SSSR count). The fourth-order valence-electron chi connectivity index (χ4n) is 1.46. The Balaban J connectivity index is 2.17. The average Bonchev–Trinajstić information content (AvgIpc) is 2.37. The third kappa shape index (κ3) is 3.76. The first kappa shape index (κ1) is 13.5. The second-order valence-corrected chi connectivity index (χ2v) is 5.37. The second-order valence-electron chi connectivity index (χ2n) is 3.80. The lowest BCUT2D eigenvalue weighted by Crippen LogP contribution is -2.40. The van der Waals surface area contributed by atoms with Gasteiger partial charge in [0.1, 0.15) is 23.5 Å². The molecule has 2 aromatic heterocycles. The molecule has 0 aliphatic carbocycles. The third-order valence-corrected chi connectivity index (χ3v) is 3.08. The fraction of sp³-hybridized carbons (Fsp3) is 0.182. The molecule has 19 heavy (non-hydrogen) atoms. The van der Waals surface area contributed by atoms with Crippen LogP contribution in [0.1, 0.15) is 0 Å². The molecule has 0 aromatic carbocycles. The Labute approximate surface area is 109 Å². The summed E-state index contributed by atoms with van der Waals surface area (Å²) in [5, 5.41) is 3.93. The minimum absolute atomic E-state index is 0.0177. The molecule has 0 saturated heterocycles. The highest BCUT2D eigenvalue weighted by Gasteiger charge is 2.12. The Hall–Kier alpha value is -1.93. The monoisotopic (exact) mass is 284 g/mol. The van der Waals surface area contributed by atoms with Crippen molar-refractivity contribution in [2.45, 2.75) is 6.54 Å². The number of pyridine rings is 1. The van der Waals surface area contributed by atoms with E-state index in [2.05, 4.69) is 10.1 Å². The molecule has 0 fully saturated rings. The summed E-state index contributed by atoms with van der Waals surface area (Å²) in [6.07, 6.45) is 4.35. The molecule has 100 valence electrons. The highest BCUT2D eigenvalue weighted by molar-refractivity contribution is 7.85. The van der Waals surface area contributed by atoms with Gasteiger partial charge in [-0.1, -0.05) is 4.68 Å². The van der Waals surface area contributed by atoms with Crippen LogP contribution >= 0.6 is 0 Å². The van der Waals surface area contributed by atoms with E-state index in [0.29, 0.717) is 5.56 Å². The lowest BCUT2D eigenvalue weighted by molar-refractivity contribution is -0.750. The van der Waals surface area contributed by atoms with E-state index in [1.165, 1.54) is 35.4 Å². The van der Waals surface area contributed by atoms with E-state index in [-0.39, 0.29) is 12.2 Å². The van der Waals surface area contributed by atoms with Crippen molar-refractivity contribution in [1.29, 1.82) is 0 Å². The standard InChI is InChI=1S/C11H10FN3O3S/c12-10-2-1-4-13-11(10)9-3-5-15(14-8-9)6-7-19(16,17)18/h1-5,8H,6-7H2/p+1. The zero-order valence-corrected chi connectivity index (χ0v) is 10.6. The van der Waals surface area contributed by atoms with Crippen molar-refractivity contribution in [1.82, 2.24) is 10.1 Å². The molecule has 0 atom stereocenters. The molecular formula is C11H11FN3O3S+. The molecule has 8 heteroatoms. The molecule has 0 radical (unpaired) electrons. The first-order chi connectivity index (χ1) is 8.96. The molecule has 2 heterocycles. The number of rotatable bonds is 4. The van der Waals surface area contributed by atoms with E-state index < -0.39 is 21.7 Å². The summed E-state index contributed by atoms with van der Waals surface area (Å²) in [5.41, 5.74) is 0.665.